The number of hydrogen-bond acceptors (Lipinski definition) is 3. The predicted molar refractivity (Wildman–Crippen MR) is 88.4 cm³/mol. The summed E-state index contributed by atoms with van der Waals surface area (Å²) in [5.74, 6) is 0.652. The maximum absolute atomic E-state index is 5.01. The zero-order valence-corrected chi connectivity index (χ0v) is 14.8. The van der Waals surface area contributed by atoms with Crippen molar-refractivity contribution in [3.05, 3.63) is 15.6 Å². The smallest absolute Gasteiger partial charge is 0.114 e. The van der Waals surface area contributed by atoms with Crippen LogP contribution in [0.25, 0.3) is 0 Å². The average Bonchev–Trinajstić information content (AvgIpc) is 2.85. The van der Waals surface area contributed by atoms with Crippen LogP contribution in [0, 0.1) is 18.3 Å². The molecule has 1 N–H and O–H groups in total. The Hall–Kier alpha value is -0.410. The van der Waals surface area contributed by atoms with Gasteiger partial charge in [-0.3, -0.25) is 0 Å². The van der Waals surface area contributed by atoms with Gasteiger partial charge in [0.15, 0.2) is 0 Å². The molecule has 2 unspecified atom stereocenters. The van der Waals surface area contributed by atoms with Crippen LogP contribution in [0.1, 0.15) is 69.5 Å². The minimum absolute atomic E-state index is 0.0996. The molecule has 1 saturated carbocycles. The van der Waals surface area contributed by atoms with Crippen LogP contribution >= 0.6 is 11.3 Å². The molecular formula is C17H30N2S. The maximum Gasteiger partial charge on any atom is 0.114 e. The van der Waals surface area contributed by atoms with Gasteiger partial charge in [0.05, 0.1) is 11.2 Å². The van der Waals surface area contributed by atoms with E-state index in [1.807, 2.05) is 11.3 Å². The SMILES string of the molecule is CCCNC1(c2nc(CC)c(C)s2)CC(C)(C)CC1C. The van der Waals surface area contributed by atoms with Crippen molar-refractivity contribution in [3.8, 4) is 0 Å². The molecule has 1 aliphatic carbocycles. The molecule has 1 aliphatic rings. The summed E-state index contributed by atoms with van der Waals surface area (Å²) >= 11 is 1.92. The van der Waals surface area contributed by atoms with E-state index in [-0.39, 0.29) is 5.54 Å². The second kappa shape index (κ2) is 5.76. The predicted octanol–water partition coefficient (Wildman–Crippen LogP) is 4.66. The van der Waals surface area contributed by atoms with Gasteiger partial charge < -0.3 is 5.32 Å². The molecule has 1 aromatic rings. The summed E-state index contributed by atoms with van der Waals surface area (Å²) < 4.78 is 0. The number of rotatable bonds is 5. The van der Waals surface area contributed by atoms with Gasteiger partial charge in [0.1, 0.15) is 5.01 Å². The van der Waals surface area contributed by atoms with E-state index in [9.17, 15) is 0 Å². The standard InChI is InChI=1S/C17H30N2S/c1-7-9-18-17(11-16(5,6)10-12(17)3)15-19-14(8-2)13(4)20-15/h12,18H,7-11H2,1-6H3. The molecule has 0 aromatic carbocycles. The van der Waals surface area contributed by atoms with Crippen molar-refractivity contribution in [2.75, 3.05) is 6.54 Å². The van der Waals surface area contributed by atoms with Crippen molar-refractivity contribution < 1.29 is 0 Å². The van der Waals surface area contributed by atoms with E-state index in [2.05, 4.69) is 46.9 Å². The molecule has 3 heteroatoms. The number of nitrogens with zero attached hydrogens (tertiary/aromatic N) is 1. The minimum Gasteiger partial charge on any atom is -0.305 e. The molecule has 114 valence electrons. The van der Waals surface area contributed by atoms with Gasteiger partial charge in [0, 0.05) is 4.88 Å². The summed E-state index contributed by atoms with van der Waals surface area (Å²) in [6, 6.07) is 0. The highest BCUT2D eigenvalue weighted by Crippen LogP contribution is 2.53. The third-order valence-corrected chi connectivity index (χ3v) is 5.95. The van der Waals surface area contributed by atoms with E-state index in [0.717, 1.165) is 13.0 Å². The van der Waals surface area contributed by atoms with Crippen LogP contribution in [0.5, 0.6) is 0 Å². The molecule has 1 heterocycles. The quantitative estimate of drug-likeness (QED) is 0.854. The Morgan fingerprint density at radius 2 is 2.05 bits per heavy atom. The van der Waals surface area contributed by atoms with Crippen molar-refractivity contribution in [1.29, 1.82) is 0 Å². The molecule has 1 aromatic heterocycles. The first-order valence-electron chi connectivity index (χ1n) is 8.06. The zero-order valence-electron chi connectivity index (χ0n) is 14.0. The normalized spacial score (nSPS) is 29.0. The van der Waals surface area contributed by atoms with Gasteiger partial charge >= 0.3 is 0 Å². The first-order valence-corrected chi connectivity index (χ1v) is 8.88. The summed E-state index contributed by atoms with van der Waals surface area (Å²) in [5, 5.41) is 5.21. The van der Waals surface area contributed by atoms with Crippen LogP contribution in [-0.4, -0.2) is 11.5 Å². The van der Waals surface area contributed by atoms with Crippen LogP contribution in [0.2, 0.25) is 0 Å². The van der Waals surface area contributed by atoms with Gasteiger partial charge in [-0.25, -0.2) is 4.98 Å². The van der Waals surface area contributed by atoms with Crippen LogP contribution in [-0.2, 0) is 12.0 Å². The molecule has 0 radical (unpaired) electrons. The molecule has 2 nitrogen and oxygen atoms in total. The van der Waals surface area contributed by atoms with Gasteiger partial charge in [-0.15, -0.1) is 11.3 Å². The minimum atomic E-state index is 0.0996. The average molecular weight is 295 g/mol. The zero-order chi connectivity index (χ0) is 15.0. The largest absolute Gasteiger partial charge is 0.305 e. The summed E-state index contributed by atoms with van der Waals surface area (Å²) in [7, 11) is 0. The van der Waals surface area contributed by atoms with Crippen LogP contribution in [0.3, 0.4) is 0 Å². The monoisotopic (exact) mass is 294 g/mol. The van der Waals surface area contributed by atoms with Crippen molar-refractivity contribution in [3.63, 3.8) is 0 Å². The lowest BCUT2D eigenvalue weighted by atomic mass is 9.86. The highest BCUT2D eigenvalue weighted by molar-refractivity contribution is 7.11. The second-order valence-electron chi connectivity index (χ2n) is 7.22. The van der Waals surface area contributed by atoms with E-state index in [1.165, 1.54) is 34.8 Å². The molecule has 2 atom stereocenters. The number of nitrogens with one attached hydrogen (secondary N) is 1. The molecule has 1 fully saturated rings. The maximum atomic E-state index is 5.01. The number of hydrogen-bond donors (Lipinski definition) is 1. The topological polar surface area (TPSA) is 24.9 Å². The van der Waals surface area contributed by atoms with Gasteiger partial charge in [-0.05, 0) is 50.5 Å². The molecular weight excluding hydrogens is 264 g/mol. The first-order chi connectivity index (χ1) is 9.34. The molecule has 0 spiro atoms. The molecule has 0 amide bonds. The van der Waals surface area contributed by atoms with E-state index in [1.54, 1.807) is 0 Å². The van der Waals surface area contributed by atoms with E-state index < -0.39 is 0 Å². The van der Waals surface area contributed by atoms with Gasteiger partial charge in [-0.1, -0.05) is 34.6 Å². The summed E-state index contributed by atoms with van der Waals surface area (Å²) in [5.41, 5.74) is 1.80. The lowest BCUT2D eigenvalue weighted by Crippen LogP contribution is -2.45. The summed E-state index contributed by atoms with van der Waals surface area (Å²) in [4.78, 5) is 6.41. The fourth-order valence-electron chi connectivity index (χ4n) is 3.90. The van der Waals surface area contributed by atoms with E-state index in [0.29, 0.717) is 11.3 Å². The highest BCUT2D eigenvalue weighted by Gasteiger charge is 2.51. The van der Waals surface area contributed by atoms with Crippen molar-refractivity contribution >= 4 is 11.3 Å². The highest BCUT2D eigenvalue weighted by atomic mass is 32.1. The molecule has 2 rings (SSSR count). The fraction of sp³-hybridized carbons (Fsp3) is 0.824. The van der Waals surface area contributed by atoms with Crippen molar-refractivity contribution in [2.45, 2.75) is 72.8 Å². The van der Waals surface area contributed by atoms with Crippen molar-refractivity contribution in [1.82, 2.24) is 10.3 Å². The Morgan fingerprint density at radius 3 is 2.50 bits per heavy atom. The molecule has 0 bridgehead atoms. The summed E-state index contributed by atoms with van der Waals surface area (Å²) in [6.07, 6.45) is 4.71. The van der Waals surface area contributed by atoms with E-state index in [4.69, 9.17) is 4.98 Å². The molecule has 20 heavy (non-hydrogen) atoms. The fourth-order valence-corrected chi connectivity index (χ4v) is 5.18. The molecule has 0 saturated heterocycles. The van der Waals surface area contributed by atoms with Gasteiger partial charge in [-0.2, -0.15) is 0 Å². The van der Waals surface area contributed by atoms with Crippen molar-refractivity contribution in [2.24, 2.45) is 11.3 Å². The van der Waals surface area contributed by atoms with Gasteiger partial charge in [0.25, 0.3) is 0 Å². The second-order valence-corrected chi connectivity index (χ2v) is 8.42. The third-order valence-electron chi connectivity index (χ3n) is 4.76. The number of aromatic nitrogens is 1. The number of aryl methyl sites for hydroxylation is 2. The summed E-state index contributed by atoms with van der Waals surface area (Å²) in [6.45, 7) is 15.0. The third kappa shape index (κ3) is 2.80. The van der Waals surface area contributed by atoms with Crippen LogP contribution in [0.4, 0.5) is 0 Å². The Bertz CT molecular complexity index is 464. The lowest BCUT2D eigenvalue weighted by molar-refractivity contribution is 0.251. The van der Waals surface area contributed by atoms with Gasteiger partial charge in [0.2, 0.25) is 0 Å². The number of thiazole rings is 1. The Balaban J connectivity index is 2.41. The molecule has 0 aliphatic heterocycles. The van der Waals surface area contributed by atoms with Crippen LogP contribution in [0.15, 0.2) is 0 Å². The Labute approximate surface area is 128 Å². The van der Waals surface area contributed by atoms with E-state index >= 15 is 0 Å². The Kier molecular flexibility index (Phi) is 4.60. The Morgan fingerprint density at radius 1 is 1.35 bits per heavy atom. The first kappa shape index (κ1) is 16.0. The van der Waals surface area contributed by atoms with Crippen LogP contribution < -0.4 is 5.32 Å². The lowest BCUT2D eigenvalue weighted by Gasteiger charge is -2.34.